The van der Waals surface area contributed by atoms with E-state index in [1.807, 2.05) is 18.2 Å². The summed E-state index contributed by atoms with van der Waals surface area (Å²) in [4.78, 5) is 12.6. The molecular formula is C36H60N5O6P. The average Bonchev–Trinajstić information content (AvgIpc) is 3.50. The van der Waals surface area contributed by atoms with E-state index in [1.54, 1.807) is 30.1 Å². The van der Waals surface area contributed by atoms with Crippen molar-refractivity contribution >= 4 is 24.6 Å². The summed E-state index contributed by atoms with van der Waals surface area (Å²) in [6, 6.07) is 8.96. The summed E-state index contributed by atoms with van der Waals surface area (Å²) < 4.78 is 44.5. The van der Waals surface area contributed by atoms with E-state index in [1.165, 1.54) is 96.2 Å². The second-order valence-electron chi connectivity index (χ2n) is 12.5. The third kappa shape index (κ3) is 16.2. The molecule has 2 aromatic heterocycles. The Balaban J connectivity index is 1.29. The van der Waals surface area contributed by atoms with Gasteiger partial charge in [-0.25, -0.2) is 19.5 Å². The highest BCUT2D eigenvalue weighted by molar-refractivity contribution is 7.54. The standard InChI is InChI=1S/C36H60N5O6P/c1-3-4-5-6-7-8-9-10-11-12-13-14-15-16-17-21-24-44-25-26-46-48(42,47-32-22-19-18-20-23-32)31-45-33(28-43-2)27-41-30-40-34-35(37)38-29-39-36(34)41/h18-20,22-23,29-30,33H,3-17,21,24-28,31H2,1-2H3,(H2,37,38,39)/t33-,48?/m0/s1. The Kier molecular flexibility index (Phi) is 20.4. The van der Waals surface area contributed by atoms with Crippen molar-refractivity contribution in [1.82, 2.24) is 19.5 Å². The van der Waals surface area contributed by atoms with Crippen LogP contribution in [-0.2, 0) is 29.8 Å². The molecule has 0 aliphatic heterocycles. The summed E-state index contributed by atoms with van der Waals surface area (Å²) in [5.74, 6) is 0.740. The monoisotopic (exact) mass is 689 g/mol. The van der Waals surface area contributed by atoms with Gasteiger partial charge in [-0.3, -0.25) is 4.52 Å². The minimum absolute atomic E-state index is 0.129. The van der Waals surface area contributed by atoms with E-state index in [2.05, 4.69) is 21.9 Å². The van der Waals surface area contributed by atoms with Crippen molar-refractivity contribution in [2.24, 2.45) is 0 Å². The largest absolute Gasteiger partial charge is 0.423 e. The molecule has 0 spiro atoms. The Morgan fingerprint density at radius 3 is 2.04 bits per heavy atom. The van der Waals surface area contributed by atoms with Crippen molar-refractivity contribution in [1.29, 1.82) is 0 Å². The molecule has 0 amide bonds. The number of nitrogens with zero attached hydrogens (tertiary/aromatic N) is 4. The molecule has 0 saturated carbocycles. The lowest BCUT2D eigenvalue weighted by molar-refractivity contribution is 0.00175. The predicted molar refractivity (Wildman–Crippen MR) is 192 cm³/mol. The van der Waals surface area contributed by atoms with Gasteiger partial charge < -0.3 is 29.0 Å². The number of anilines is 1. The van der Waals surface area contributed by atoms with Crippen LogP contribution >= 0.6 is 7.60 Å². The van der Waals surface area contributed by atoms with Gasteiger partial charge in [0.1, 0.15) is 17.6 Å². The third-order valence-corrected chi connectivity index (χ3v) is 9.83. The molecule has 1 aromatic carbocycles. The maximum absolute atomic E-state index is 13.8. The van der Waals surface area contributed by atoms with Gasteiger partial charge in [-0.05, 0) is 18.6 Å². The molecule has 2 N–H and O–H groups in total. The lowest BCUT2D eigenvalue weighted by atomic mass is 10.0. The number of ether oxygens (including phenoxy) is 3. The highest BCUT2D eigenvalue weighted by atomic mass is 31.2. The van der Waals surface area contributed by atoms with Gasteiger partial charge in [-0.1, -0.05) is 121 Å². The van der Waals surface area contributed by atoms with Crippen LogP contribution in [0.3, 0.4) is 0 Å². The van der Waals surface area contributed by atoms with E-state index < -0.39 is 13.7 Å². The van der Waals surface area contributed by atoms with E-state index >= 15 is 0 Å². The highest BCUT2D eigenvalue weighted by Gasteiger charge is 2.29. The third-order valence-electron chi connectivity index (χ3n) is 8.30. The number of para-hydroxylation sites is 1. The number of benzene rings is 1. The molecule has 3 rings (SSSR count). The molecule has 2 heterocycles. The van der Waals surface area contributed by atoms with Crippen LogP contribution in [0.2, 0.25) is 0 Å². The van der Waals surface area contributed by atoms with Crippen LogP contribution in [-0.4, -0.2) is 65.5 Å². The second-order valence-corrected chi connectivity index (χ2v) is 14.4. The number of nitrogen functional groups attached to an aromatic ring is 1. The van der Waals surface area contributed by atoms with Crippen molar-refractivity contribution in [3.8, 4) is 5.75 Å². The van der Waals surface area contributed by atoms with Gasteiger partial charge >= 0.3 is 7.60 Å². The minimum Gasteiger partial charge on any atom is -0.423 e. The van der Waals surface area contributed by atoms with E-state index in [0.29, 0.717) is 42.5 Å². The molecule has 0 aliphatic rings. The van der Waals surface area contributed by atoms with Crippen molar-refractivity contribution in [2.45, 2.75) is 122 Å². The van der Waals surface area contributed by atoms with Gasteiger partial charge in [-0.2, -0.15) is 0 Å². The fourth-order valence-corrected chi connectivity index (χ4v) is 6.98. The predicted octanol–water partition coefficient (Wildman–Crippen LogP) is 8.96. The second kappa shape index (κ2) is 24.6. The Hall–Kier alpha value is -2.56. The fraction of sp³-hybridized carbons (Fsp3) is 0.694. The van der Waals surface area contributed by atoms with Crippen molar-refractivity contribution in [2.75, 3.05) is 45.6 Å². The van der Waals surface area contributed by atoms with Crippen molar-refractivity contribution in [3.63, 3.8) is 0 Å². The molecule has 0 aliphatic carbocycles. The number of nitrogens with two attached hydrogens (primary N) is 1. The molecule has 0 saturated heterocycles. The summed E-state index contributed by atoms with van der Waals surface area (Å²) in [6.07, 6.45) is 23.6. The van der Waals surface area contributed by atoms with Crippen LogP contribution < -0.4 is 10.3 Å². The van der Waals surface area contributed by atoms with Gasteiger partial charge in [-0.15, -0.1) is 0 Å². The van der Waals surface area contributed by atoms with Gasteiger partial charge in [0.15, 0.2) is 17.8 Å². The van der Waals surface area contributed by atoms with Gasteiger partial charge in [0.05, 0.1) is 38.8 Å². The van der Waals surface area contributed by atoms with Gasteiger partial charge in [0, 0.05) is 13.7 Å². The molecule has 48 heavy (non-hydrogen) atoms. The Morgan fingerprint density at radius 2 is 1.42 bits per heavy atom. The Morgan fingerprint density at radius 1 is 0.792 bits per heavy atom. The first-order valence-corrected chi connectivity index (χ1v) is 19.8. The van der Waals surface area contributed by atoms with Crippen LogP contribution in [0.15, 0.2) is 43.0 Å². The number of hydrogen-bond acceptors (Lipinski definition) is 10. The first kappa shape index (κ1) is 39.9. The van der Waals surface area contributed by atoms with Crippen LogP contribution in [0, 0.1) is 0 Å². The lowest BCUT2D eigenvalue weighted by Gasteiger charge is -2.23. The molecule has 1 unspecified atom stereocenters. The maximum Gasteiger partial charge on any atom is 0.404 e. The summed E-state index contributed by atoms with van der Waals surface area (Å²) in [5, 5.41) is 0. The van der Waals surface area contributed by atoms with Crippen LogP contribution in [0.1, 0.15) is 110 Å². The summed E-state index contributed by atoms with van der Waals surface area (Å²) in [6.45, 7) is 3.97. The Bertz CT molecular complexity index is 1280. The topological polar surface area (TPSA) is 133 Å². The maximum atomic E-state index is 13.8. The quantitative estimate of drug-likeness (QED) is 0.0534. The number of imidazole rings is 1. The average molecular weight is 690 g/mol. The smallest absolute Gasteiger partial charge is 0.404 e. The molecule has 270 valence electrons. The summed E-state index contributed by atoms with van der Waals surface area (Å²) in [5.41, 5.74) is 7.02. The van der Waals surface area contributed by atoms with E-state index in [4.69, 9.17) is 29.0 Å². The minimum atomic E-state index is -3.69. The van der Waals surface area contributed by atoms with E-state index in [-0.39, 0.29) is 19.6 Å². The van der Waals surface area contributed by atoms with Crippen molar-refractivity contribution < 1.29 is 27.8 Å². The number of rotatable bonds is 30. The van der Waals surface area contributed by atoms with Crippen molar-refractivity contribution in [3.05, 3.63) is 43.0 Å². The number of hydrogen-bond donors (Lipinski definition) is 1. The number of fused-ring (bicyclic) bond motifs is 1. The van der Waals surface area contributed by atoms with Gasteiger partial charge in [0.25, 0.3) is 0 Å². The molecule has 0 fully saturated rings. The number of unbranched alkanes of at least 4 members (excludes halogenated alkanes) is 15. The molecule has 11 nitrogen and oxygen atoms in total. The normalized spacial score (nSPS) is 13.5. The first-order chi connectivity index (χ1) is 23.5. The SMILES string of the molecule is CCCCCCCCCCCCCCCCCCOCCOP(=O)(CO[C@H](COC)Cn1cnc2c(N)ncnc21)Oc1ccccc1. The highest BCUT2D eigenvalue weighted by Crippen LogP contribution is 2.48. The van der Waals surface area contributed by atoms with Gasteiger partial charge in [0.2, 0.25) is 0 Å². The number of methoxy groups -OCH3 is 1. The molecule has 3 aromatic rings. The zero-order valence-corrected chi connectivity index (χ0v) is 30.3. The van der Waals surface area contributed by atoms with E-state index in [0.717, 1.165) is 12.8 Å². The van der Waals surface area contributed by atoms with Crippen LogP contribution in [0.25, 0.3) is 11.2 Å². The molecular weight excluding hydrogens is 629 g/mol. The zero-order valence-electron chi connectivity index (χ0n) is 29.4. The molecule has 0 bridgehead atoms. The summed E-state index contributed by atoms with van der Waals surface area (Å²) >= 11 is 0. The fourth-order valence-electron chi connectivity index (χ4n) is 5.61. The molecule has 12 heteroatoms. The lowest BCUT2D eigenvalue weighted by Crippen LogP contribution is -2.26. The molecule has 2 atom stereocenters. The van der Waals surface area contributed by atoms with Crippen LogP contribution in [0.5, 0.6) is 5.75 Å². The van der Waals surface area contributed by atoms with E-state index in [9.17, 15) is 4.57 Å². The van der Waals surface area contributed by atoms with Crippen LogP contribution in [0.4, 0.5) is 5.82 Å². The zero-order chi connectivity index (χ0) is 34.1. The number of aromatic nitrogens is 4. The first-order valence-electron chi connectivity index (χ1n) is 18.1. The summed E-state index contributed by atoms with van der Waals surface area (Å²) in [7, 11) is -2.11. The molecule has 0 radical (unpaired) electrons. The Labute approximate surface area is 288 Å².